The Kier molecular flexibility index (Phi) is 7.33. The summed E-state index contributed by atoms with van der Waals surface area (Å²) in [7, 11) is 0. The number of nitrogens with one attached hydrogen (secondary N) is 1. The van der Waals surface area contributed by atoms with Gasteiger partial charge in [0.15, 0.2) is 22.6 Å². The number of aromatic nitrogens is 2. The van der Waals surface area contributed by atoms with Gasteiger partial charge >= 0.3 is 0 Å². The van der Waals surface area contributed by atoms with Crippen molar-refractivity contribution in [2.45, 2.75) is 6.17 Å². The number of hydrogen-bond acceptors (Lipinski definition) is 5. The molecule has 1 aliphatic heterocycles. The molecule has 0 radical (unpaired) electrons. The van der Waals surface area contributed by atoms with Gasteiger partial charge in [-0.3, -0.25) is 0 Å². The van der Waals surface area contributed by atoms with E-state index in [9.17, 15) is 0 Å². The van der Waals surface area contributed by atoms with Crippen LogP contribution in [-0.4, -0.2) is 20.8 Å². The van der Waals surface area contributed by atoms with Crippen molar-refractivity contribution in [1.29, 1.82) is 0 Å². The third-order valence-electron chi connectivity index (χ3n) is 13.0. The highest BCUT2D eigenvalue weighted by Gasteiger charge is 2.29. The molecule has 7 nitrogen and oxygen atoms in total. The van der Waals surface area contributed by atoms with Crippen LogP contribution in [0.3, 0.4) is 0 Å². The third kappa shape index (κ3) is 4.97. The second kappa shape index (κ2) is 13.4. The molecule has 0 bridgehead atoms. The maximum Gasteiger partial charge on any atom is 0.160 e. The molecule has 300 valence electrons. The number of aliphatic imine (C=N–C) groups is 2. The summed E-state index contributed by atoms with van der Waals surface area (Å²) < 4.78 is 19.0. The predicted molar refractivity (Wildman–Crippen MR) is 262 cm³/mol. The van der Waals surface area contributed by atoms with Crippen molar-refractivity contribution in [2.24, 2.45) is 9.98 Å². The lowest BCUT2D eigenvalue weighted by Gasteiger charge is -2.26. The highest BCUT2D eigenvalue weighted by atomic mass is 16.3. The van der Waals surface area contributed by atoms with E-state index in [-0.39, 0.29) is 0 Å². The molecule has 0 aliphatic carbocycles. The highest BCUT2D eigenvalue weighted by Crippen LogP contribution is 2.46. The summed E-state index contributed by atoms with van der Waals surface area (Å²) in [5.74, 6) is 1.41. The van der Waals surface area contributed by atoms with Gasteiger partial charge in [0.2, 0.25) is 0 Å². The molecule has 13 aromatic rings. The van der Waals surface area contributed by atoms with Crippen LogP contribution in [0.25, 0.3) is 98.9 Å². The van der Waals surface area contributed by atoms with Crippen LogP contribution in [0.4, 0.5) is 0 Å². The first-order valence-corrected chi connectivity index (χ1v) is 21.6. The van der Waals surface area contributed by atoms with E-state index in [0.29, 0.717) is 5.84 Å². The summed E-state index contributed by atoms with van der Waals surface area (Å²) >= 11 is 0. The van der Waals surface area contributed by atoms with Crippen LogP contribution < -0.4 is 5.32 Å². The summed E-state index contributed by atoms with van der Waals surface area (Å²) in [5.41, 5.74) is 12.2. The molecule has 0 spiro atoms. The van der Waals surface area contributed by atoms with E-state index < -0.39 is 6.17 Å². The Morgan fingerprint density at radius 3 is 1.69 bits per heavy atom. The Morgan fingerprint density at radius 1 is 0.406 bits per heavy atom. The molecule has 9 aromatic carbocycles. The van der Waals surface area contributed by atoms with Crippen LogP contribution in [-0.2, 0) is 0 Å². The van der Waals surface area contributed by atoms with Gasteiger partial charge in [-0.15, -0.1) is 0 Å². The van der Waals surface area contributed by atoms with Crippen molar-refractivity contribution < 1.29 is 8.83 Å². The number of hydrogen-bond donors (Lipinski definition) is 1. The molecular formula is C57H35N5O2. The van der Waals surface area contributed by atoms with Gasteiger partial charge in [0, 0.05) is 59.8 Å². The Hall–Kier alpha value is -8.68. The van der Waals surface area contributed by atoms with Gasteiger partial charge < -0.3 is 23.3 Å². The van der Waals surface area contributed by atoms with Crippen molar-refractivity contribution in [1.82, 2.24) is 14.5 Å². The molecule has 0 fully saturated rings. The first-order valence-electron chi connectivity index (χ1n) is 21.6. The molecule has 7 heteroatoms. The number of fused-ring (bicyclic) bond motifs is 13. The summed E-state index contributed by atoms with van der Waals surface area (Å²) in [6, 6.07) is 70.0. The fraction of sp³-hybridized carbons (Fsp3) is 0.0175. The van der Waals surface area contributed by atoms with Crippen LogP contribution in [0.15, 0.2) is 219 Å². The van der Waals surface area contributed by atoms with Gasteiger partial charge in [-0.05, 0) is 42.5 Å². The molecule has 4 aromatic heterocycles. The minimum atomic E-state index is -0.520. The second-order valence-electron chi connectivity index (χ2n) is 16.5. The summed E-state index contributed by atoms with van der Waals surface area (Å²) in [6.07, 6.45) is -0.520. The van der Waals surface area contributed by atoms with Crippen molar-refractivity contribution >= 4 is 99.2 Å². The molecule has 64 heavy (non-hydrogen) atoms. The van der Waals surface area contributed by atoms with Crippen LogP contribution in [0, 0.1) is 0 Å². The van der Waals surface area contributed by atoms with Crippen LogP contribution >= 0.6 is 0 Å². The zero-order valence-electron chi connectivity index (χ0n) is 34.2. The zero-order chi connectivity index (χ0) is 41.9. The quantitative estimate of drug-likeness (QED) is 0.188. The Labute approximate surface area is 365 Å². The maximum atomic E-state index is 7.50. The Bertz CT molecular complexity index is 4060. The lowest BCUT2D eigenvalue weighted by molar-refractivity contribution is 0.648. The normalized spacial score (nSPS) is 14.4. The molecule has 0 saturated carbocycles. The van der Waals surface area contributed by atoms with Crippen molar-refractivity contribution in [3.8, 4) is 11.4 Å². The fourth-order valence-corrected chi connectivity index (χ4v) is 10.2. The molecule has 1 N–H and O–H groups in total. The molecule has 14 rings (SSSR count). The van der Waals surface area contributed by atoms with E-state index in [2.05, 4.69) is 166 Å². The summed E-state index contributed by atoms with van der Waals surface area (Å²) in [4.78, 5) is 10.5. The zero-order valence-corrected chi connectivity index (χ0v) is 34.2. The number of nitrogens with zero attached hydrogens (tertiary/aromatic N) is 4. The Morgan fingerprint density at radius 2 is 0.953 bits per heavy atom. The SMILES string of the molecule is c1ccc(C2=NC(c3ccc4c(oc5c(-n6c7ccccc7c7ccc8c9ccccc9oc8c76)cccc54)c3-n3c4ccccc4c4ccccc43)NC(c3ccccc3)=N2)cc1. The lowest BCUT2D eigenvalue weighted by Crippen LogP contribution is -2.34. The van der Waals surface area contributed by atoms with E-state index in [0.717, 1.165) is 121 Å². The number of amidine groups is 2. The van der Waals surface area contributed by atoms with Gasteiger partial charge in [-0.1, -0.05) is 158 Å². The van der Waals surface area contributed by atoms with Crippen molar-refractivity contribution in [3.05, 3.63) is 217 Å². The van der Waals surface area contributed by atoms with Crippen LogP contribution in [0.5, 0.6) is 0 Å². The molecule has 0 amide bonds. The monoisotopic (exact) mass is 821 g/mol. The Balaban J connectivity index is 1.09. The van der Waals surface area contributed by atoms with Crippen molar-refractivity contribution in [2.75, 3.05) is 0 Å². The van der Waals surface area contributed by atoms with Gasteiger partial charge in [-0.2, -0.15) is 0 Å². The first-order chi connectivity index (χ1) is 31.8. The van der Waals surface area contributed by atoms with Crippen molar-refractivity contribution in [3.63, 3.8) is 0 Å². The van der Waals surface area contributed by atoms with E-state index in [1.54, 1.807) is 0 Å². The van der Waals surface area contributed by atoms with E-state index >= 15 is 0 Å². The van der Waals surface area contributed by atoms with Gasteiger partial charge in [-0.25, -0.2) is 9.98 Å². The summed E-state index contributed by atoms with van der Waals surface area (Å²) in [6.45, 7) is 0. The number of benzene rings is 9. The summed E-state index contributed by atoms with van der Waals surface area (Å²) in [5, 5.41) is 12.6. The topological polar surface area (TPSA) is 72.9 Å². The predicted octanol–water partition coefficient (Wildman–Crippen LogP) is 14.2. The number of furan rings is 2. The minimum absolute atomic E-state index is 0.520. The first kappa shape index (κ1) is 35.0. The second-order valence-corrected chi connectivity index (χ2v) is 16.5. The molecular weight excluding hydrogens is 787 g/mol. The van der Waals surface area contributed by atoms with E-state index in [1.807, 2.05) is 48.5 Å². The maximum absolute atomic E-state index is 7.50. The standard InChI is InChI=1S/C57H35N5O2/c1-3-16-34(17-4-1)55-58-56(35-18-5-2-6-19-35)60-57(59-55)44-33-32-43-41-24-15-28-48(52(41)64-54(43)51(44)61-45-25-11-7-20-36(45)37-21-8-12-26-46(37)61)62-47-27-13-9-22-38(47)40-30-31-42-39-23-10-14-29-49(39)63-53(42)50(40)62/h1-33,57H,(H,58,59,60). The molecule has 0 saturated heterocycles. The molecule has 1 atom stereocenters. The average molecular weight is 822 g/mol. The third-order valence-corrected chi connectivity index (χ3v) is 13.0. The number of rotatable bonds is 5. The van der Waals surface area contributed by atoms with E-state index in [4.69, 9.17) is 18.8 Å². The smallest absolute Gasteiger partial charge is 0.160 e. The fourth-order valence-electron chi connectivity index (χ4n) is 10.2. The van der Waals surface area contributed by atoms with Gasteiger partial charge in [0.05, 0.1) is 33.4 Å². The van der Waals surface area contributed by atoms with Crippen LogP contribution in [0.1, 0.15) is 22.9 Å². The number of para-hydroxylation sites is 5. The van der Waals surface area contributed by atoms with Crippen LogP contribution in [0.2, 0.25) is 0 Å². The molecule has 5 heterocycles. The van der Waals surface area contributed by atoms with Gasteiger partial charge in [0.1, 0.15) is 17.6 Å². The lowest BCUT2D eigenvalue weighted by atomic mass is 10.0. The minimum Gasteiger partial charge on any atom is -0.454 e. The largest absolute Gasteiger partial charge is 0.454 e. The molecule has 1 aliphatic rings. The molecule has 1 unspecified atom stereocenters. The van der Waals surface area contributed by atoms with E-state index in [1.165, 1.54) is 0 Å². The van der Waals surface area contributed by atoms with Gasteiger partial charge in [0.25, 0.3) is 0 Å². The average Bonchev–Trinajstić information content (AvgIpc) is 4.12. The highest BCUT2D eigenvalue weighted by molar-refractivity contribution is 6.23.